The van der Waals surface area contributed by atoms with Crippen molar-refractivity contribution in [3.8, 4) is 0 Å². The van der Waals surface area contributed by atoms with Crippen LogP contribution in [0.4, 0.5) is 0 Å². The van der Waals surface area contributed by atoms with Gasteiger partial charge in [0, 0.05) is 7.11 Å². The third-order valence-corrected chi connectivity index (χ3v) is 1.89. The van der Waals surface area contributed by atoms with E-state index in [4.69, 9.17) is 28.4 Å². The second-order valence-corrected chi connectivity index (χ2v) is 2.79. The smallest absolute Gasteiger partial charge is 0.157 e. The van der Waals surface area contributed by atoms with Gasteiger partial charge < -0.3 is 10.5 Å². The average molecular weight is 170 g/mol. The Morgan fingerprint density at radius 1 is 1.64 bits per heavy atom. The molecular weight excluding hydrogens is 160 g/mol. The maximum Gasteiger partial charge on any atom is 0.157 e. The number of hydrogen-bond donors (Lipinski definition) is 2. The van der Waals surface area contributed by atoms with Gasteiger partial charge in [0.15, 0.2) is 5.72 Å². The molecule has 0 saturated carbocycles. The van der Waals surface area contributed by atoms with Crippen molar-refractivity contribution in [3.63, 3.8) is 0 Å². The van der Waals surface area contributed by atoms with Crippen LogP contribution in [-0.2, 0) is 4.74 Å². The Morgan fingerprint density at radius 2 is 2.27 bits per heavy atom. The van der Waals surface area contributed by atoms with Gasteiger partial charge in [-0.15, -0.1) is 0 Å². The first-order valence-corrected chi connectivity index (χ1v) is 3.54. The number of thiocarbonyl (C=S) groups is 1. The molecule has 0 fully saturated rings. The first-order valence-electron chi connectivity index (χ1n) is 3.13. The molecule has 1 atom stereocenters. The van der Waals surface area contributed by atoms with E-state index in [-0.39, 0.29) is 0 Å². The first kappa shape index (κ1) is 8.39. The highest BCUT2D eigenvalue weighted by atomic mass is 32.1. The molecule has 4 heteroatoms. The van der Waals surface area contributed by atoms with Crippen molar-refractivity contribution >= 4 is 17.1 Å². The monoisotopic (exact) mass is 170 g/mol. The predicted octanol–water partition coefficient (Wildman–Crippen LogP) is 0.0701. The van der Waals surface area contributed by atoms with Gasteiger partial charge in [-0.05, 0) is 18.2 Å². The van der Waals surface area contributed by atoms with Crippen molar-refractivity contribution in [3.05, 3.63) is 23.9 Å². The van der Waals surface area contributed by atoms with Gasteiger partial charge in [0.05, 0.1) is 10.6 Å². The third kappa shape index (κ3) is 1.65. The van der Waals surface area contributed by atoms with Crippen molar-refractivity contribution in [2.24, 2.45) is 11.5 Å². The lowest BCUT2D eigenvalue weighted by Crippen LogP contribution is -2.40. The molecule has 0 aromatic carbocycles. The van der Waals surface area contributed by atoms with Crippen molar-refractivity contribution in [1.29, 1.82) is 0 Å². The highest BCUT2D eigenvalue weighted by molar-refractivity contribution is 7.81. The quantitative estimate of drug-likeness (QED) is 0.432. The number of ether oxygens (including phenoxy) is 1. The Kier molecular flexibility index (Phi) is 2.08. The maximum atomic E-state index is 5.69. The van der Waals surface area contributed by atoms with E-state index in [1.54, 1.807) is 18.2 Å². The molecule has 0 aliphatic heterocycles. The van der Waals surface area contributed by atoms with E-state index in [1.807, 2.05) is 0 Å². The molecule has 0 heterocycles. The lowest BCUT2D eigenvalue weighted by atomic mass is 10.1. The summed E-state index contributed by atoms with van der Waals surface area (Å²) in [5.41, 5.74) is 10.8. The van der Waals surface area contributed by atoms with Crippen molar-refractivity contribution in [2.45, 2.75) is 5.72 Å². The van der Waals surface area contributed by atoms with Crippen molar-refractivity contribution < 1.29 is 4.74 Å². The molecule has 1 rings (SSSR count). The van der Waals surface area contributed by atoms with Crippen molar-refractivity contribution in [1.82, 2.24) is 0 Å². The lowest BCUT2D eigenvalue weighted by Gasteiger charge is -2.23. The summed E-state index contributed by atoms with van der Waals surface area (Å²) in [7, 11) is 1.52. The van der Waals surface area contributed by atoms with Crippen LogP contribution < -0.4 is 11.5 Å². The van der Waals surface area contributed by atoms with E-state index >= 15 is 0 Å². The Labute approximate surface area is 70.7 Å². The van der Waals surface area contributed by atoms with Crippen LogP contribution >= 0.6 is 12.2 Å². The van der Waals surface area contributed by atoms with E-state index in [1.165, 1.54) is 7.11 Å². The van der Waals surface area contributed by atoms with E-state index in [0.717, 1.165) is 0 Å². The molecule has 0 aromatic heterocycles. The molecule has 3 nitrogen and oxygen atoms in total. The average Bonchev–Trinajstić information content (AvgIpc) is 1.98. The second kappa shape index (κ2) is 2.73. The van der Waals surface area contributed by atoms with Crippen LogP contribution in [0.25, 0.3) is 0 Å². The topological polar surface area (TPSA) is 61.3 Å². The molecule has 60 valence electrons. The SMILES string of the molecule is COC1(N)C=CC(=S)C(N)=C1. The Bertz CT molecular complexity index is 247. The molecule has 1 unspecified atom stereocenters. The number of rotatable bonds is 1. The lowest BCUT2D eigenvalue weighted by molar-refractivity contribution is 0.0792. The molecule has 1 aliphatic rings. The Balaban J connectivity index is 2.93. The largest absolute Gasteiger partial charge is 0.398 e. The van der Waals surface area contributed by atoms with Crippen LogP contribution in [0, 0.1) is 0 Å². The van der Waals surface area contributed by atoms with Crippen LogP contribution in [0.15, 0.2) is 23.9 Å². The fourth-order valence-electron chi connectivity index (χ4n) is 0.791. The van der Waals surface area contributed by atoms with Gasteiger partial charge in [-0.3, -0.25) is 5.73 Å². The molecule has 0 radical (unpaired) electrons. The standard InChI is InChI=1S/C7H10N2OS/c1-10-7(9)3-2-6(11)5(8)4-7/h2-4H,8-9H2,1H3. The van der Waals surface area contributed by atoms with Gasteiger partial charge in [-0.2, -0.15) is 0 Å². The first-order chi connectivity index (χ1) is 5.07. The van der Waals surface area contributed by atoms with Gasteiger partial charge in [-0.25, -0.2) is 0 Å². The summed E-state index contributed by atoms with van der Waals surface area (Å²) in [5, 5.41) is 0. The van der Waals surface area contributed by atoms with Crippen LogP contribution in [0.2, 0.25) is 0 Å². The summed E-state index contributed by atoms with van der Waals surface area (Å²) in [6, 6.07) is 0. The van der Waals surface area contributed by atoms with E-state index in [9.17, 15) is 0 Å². The van der Waals surface area contributed by atoms with E-state index < -0.39 is 5.72 Å². The minimum Gasteiger partial charge on any atom is -0.398 e. The molecule has 1 aliphatic carbocycles. The summed E-state index contributed by atoms with van der Waals surface area (Å²) in [5.74, 6) is 0. The highest BCUT2D eigenvalue weighted by Gasteiger charge is 2.21. The molecular formula is C7H10N2OS. The number of allylic oxidation sites excluding steroid dienone is 1. The minimum atomic E-state index is -0.883. The third-order valence-electron chi connectivity index (χ3n) is 1.51. The zero-order valence-electron chi connectivity index (χ0n) is 6.20. The van der Waals surface area contributed by atoms with Crippen LogP contribution in [-0.4, -0.2) is 17.7 Å². The summed E-state index contributed by atoms with van der Waals surface area (Å²) < 4.78 is 4.97. The summed E-state index contributed by atoms with van der Waals surface area (Å²) in [4.78, 5) is 0.600. The Morgan fingerprint density at radius 3 is 2.73 bits per heavy atom. The maximum absolute atomic E-state index is 5.69. The van der Waals surface area contributed by atoms with Crippen LogP contribution in [0.1, 0.15) is 0 Å². The highest BCUT2D eigenvalue weighted by Crippen LogP contribution is 2.14. The predicted molar refractivity (Wildman–Crippen MR) is 47.9 cm³/mol. The number of nitrogens with two attached hydrogens (primary N) is 2. The van der Waals surface area contributed by atoms with Gasteiger partial charge in [0.1, 0.15) is 0 Å². The zero-order valence-corrected chi connectivity index (χ0v) is 7.02. The molecule has 11 heavy (non-hydrogen) atoms. The molecule has 0 bridgehead atoms. The molecule has 0 amide bonds. The normalized spacial score (nSPS) is 30.4. The summed E-state index contributed by atoms with van der Waals surface area (Å²) in [6.07, 6.45) is 4.94. The second-order valence-electron chi connectivity index (χ2n) is 2.35. The van der Waals surface area contributed by atoms with Gasteiger partial charge in [0.2, 0.25) is 0 Å². The van der Waals surface area contributed by atoms with E-state index in [2.05, 4.69) is 0 Å². The fourth-order valence-corrected chi connectivity index (χ4v) is 0.918. The van der Waals surface area contributed by atoms with E-state index in [0.29, 0.717) is 10.6 Å². The van der Waals surface area contributed by atoms with Crippen LogP contribution in [0.3, 0.4) is 0 Å². The molecule has 0 spiro atoms. The minimum absolute atomic E-state index is 0.492. The molecule has 4 N–H and O–H groups in total. The van der Waals surface area contributed by atoms with Gasteiger partial charge in [0.25, 0.3) is 0 Å². The Hall–Kier alpha value is -0.710. The molecule has 0 aromatic rings. The summed E-state index contributed by atoms with van der Waals surface area (Å²) in [6.45, 7) is 0. The van der Waals surface area contributed by atoms with Gasteiger partial charge in [-0.1, -0.05) is 12.2 Å². The fraction of sp³-hybridized carbons (Fsp3) is 0.286. The zero-order chi connectivity index (χ0) is 8.48. The van der Waals surface area contributed by atoms with Gasteiger partial charge >= 0.3 is 0 Å². The van der Waals surface area contributed by atoms with Crippen molar-refractivity contribution in [2.75, 3.05) is 7.11 Å². The molecule has 0 saturated heterocycles. The summed E-state index contributed by atoms with van der Waals surface area (Å²) >= 11 is 4.89. The van der Waals surface area contributed by atoms with Crippen LogP contribution in [0.5, 0.6) is 0 Å². The number of methoxy groups -OCH3 is 1. The number of hydrogen-bond acceptors (Lipinski definition) is 4.